The van der Waals surface area contributed by atoms with E-state index in [1.54, 1.807) is 7.11 Å². The second-order valence-corrected chi connectivity index (χ2v) is 14.1. The number of hydrogen-bond acceptors (Lipinski definition) is 3. The third-order valence-electron chi connectivity index (χ3n) is 5.86. The Morgan fingerprint density at radius 1 is 0.968 bits per heavy atom. The van der Waals surface area contributed by atoms with Crippen LogP contribution in [0.5, 0.6) is 5.75 Å². The van der Waals surface area contributed by atoms with Gasteiger partial charge in [0.1, 0.15) is 5.75 Å². The number of hydrogen-bond donors (Lipinski definition) is 0. The van der Waals surface area contributed by atoms with Gasteiger partial charge in [0.05, 0.1) is 7.11 Å². The number of Topliss-reactive ketones (excluding diaryl/α,β-unsaturated/α-hetero) is 1. The highest BCUT2D eigenvalue weighted by Gasteiger charge is 2.37. The Kier molecular flexibility index (Phi) is 9.02. The molecule has 0 N–H and O–H groups in total. The molecule has 0 atom stereocenters. The van der Waals surface area contributed by atoms with Crippen molar-refractivity contribution in [2.75, 3.05) is 13.7 Å². The molecule has 4 heteroatoms. The average molecular weight is 437 g/mol. The van der Waals surface area contributed by atoms with Gasteiger partial charge in [0.2, 0.25) is 0 Å². The second kappa shape index (κ2) is 11.3. The Morgan fingerprint density at radius 2 is 1.61 bits per heavy atom. The number of carbonyl (C=O) groups excluding carboxylic acids is 1. The Morgan fingerprint density at radius 3 is 2.19 bits per heavy atom. The van der Waals surface area contributed by atoms with E-state index in [4.69, 9.17) is 9.16 Å². The summed E-state index contributed by atoms with van der Waals surface area (Å²) in [6.45, 7) is 11.5. The summed E-state index contributed by atoms with van der Waals surface area (Å²) in [6.07, 6.45) is 7.06. The van der Waals surface area contributed by atoms with Crippen molar-refractivity contribution in [1.29, 1.82) is 0 Å². The van der Waals surface area contributed by atoms with Crippen molar-refractivity contribution in [3.05, 3.63) is 77.4 Å². The van der Waals surface area contributed by atoms with Crippen molar-refractivity contribution in [2.24, 2.45) is 0 Å². The normalized spacial score (nSPS) is 12.9. The maximum absolute atomic E-state index is 13.1. The Balaban J connectivity index is 2.12. The molecule has 0 heterocycles. The first kappa shape index (κ1) is 24.8. The first-order valence-corrected chi connectivity index (χ1v) is 13.8. The van der Waals surface area contributed by atoms with Gasteiger partial charge < -0.3 is 9.16 Å². The quantitative estimate of drug-likeness (QED) is 0.293. The monoisotopic (exact) mass is 436 g/mol. The molecule has 0 spiro atoms. The molecule has 0 amide bonds. The van der Waals surface area contributed by atoms with Gasteiger partial charge in [-0.1, -0.05) is 75.4 Å². The fraction of sp³-hybridized carbons (Fsp3) is 0.370. The zero-order valence-electron chi connectivity index (χ0n) is 19.8. The fourth-order valence-electron chi connectivity index (χ4n) is 2.82. The molecule has 0 aromatic heterocycles. The van der Waals surface area contributed by atoms with Crippen LogP contribution in [0.1, 0.15) is 44.7 Å². The van der Waals surface area contributed by atoms with E-state index < -0.39 is 8.32 Å². The lowest BCUT2D eigenvalue weighted by molar-refractivity contribution is -0.116. The predicted molar refractivity (Wildman–Crippen MR) is 134 cm³/mol. The molecule has 0 aliphatic heterocycles. The van der Waals surface area contributed by atoms with Gasteiger partial charge in [0.25, 0.3) is 0 Å². The van der Waals surface area contributed by atoms with E-state index >= 15 is 0 Å². The van der Waals surface area contributed by atoms with Crippen molar-refractivity contribution >= 4 is 26.3 Å². The van der Waals surface area contributed by atoms with Crippen LogP contribution in [-0.2, 0) is 9.22 Å². The Bertz CT molecular complexity index is 888. The van der Waals surface area contributed by atoms with Crippen LogP contribution in [0, 0.1) is 0 Å². The Hall–Kier alpha value is -2.43. The summed E-state index contributed by atoms with van der Waals surface area (Å²) in [6, 6.07) is 17.9. The smallest absolute Gasteiger partial charge is 0.191 e. The van der Waals surface area contributed by atoms with Crippen molar-refractivity contribution in [2.45, 2.75) is 51.7 Å². The molecule has 166 valence electrons. The largest absolute Gasteiger partial charge is 0.497 e. The van der Waals surface area contributed by atoms with E-state index in [0.717, 1.165) is 22.4 Å². The molecule has 0 aliphatic rings. The SMILES string of the molecule is COc1ccc(/C=C(\C/C=C/c2ccccc2)C(=O)CCO[Si](C)(C)C(C)(C)C)cc1. The van der Waals surface area contributed by atoms with Gasteiger partial charge in [-0.15, -0.1) is 0 Å². The first-order chi connectivity index (χ1) is 14.6. The van der Waals surface area contributed by atoms with Crippen LogP contribution in [0.4, 0.5) is 0 Å². The van der Waals surface area contributed by atoms with Gasteiger partial charge in [0, 0.05) is 13.0 Å². The van der Waals surface area contributed by atoms with Crippen LogP contribution in [-0.4, -0.2) is 27.8 Å². The number of benzene rings is 2. The molecule has 31 heavy (non-hydrogen) atoms. The summed E-state index contributed by atoms with van der Waals surface area (Å²) < 4.78 is 11.5. The molecule has 2 rings (SSSR count). The van der Waals surface area contributed by atoms with E-state index in [-0.39, 0.29) is 10.8 Å². The maximum Gasteiger partial charge on any atom is 0.191 e. The van der Waals surface area contributed by atoms with Crippen LogP contribution in [0.25, 0.3) is 12.2 Å². The zero-order chi connectivity index (χ0) is 22.9. The summed E-state index contributed by atoms with van der Waals surface area (Å²) >= 11 is 0. The van der Waals surface area contributed by atoms with E-state index in [0.29, 0.717) is 19.4 Å². The van der Waals surface area contributed by atoms with Crippen molar-refractivity contribution in [3.63, 3.8) is 0 Å². The van der Waals surface area contributed by atoms with Gasteiger partial charge in [-0.3, -0.25) is 4.79 Å². The first-order valence-electron chi connectivity index (χ1n) is 10.9. The molecule has 0 bridgehead atoms. The van der Waals surface area contributed by atoms with Gasteiger partial charge in [0.15, 0.2) is 14.1 Å². The minimum absolute atomic E-state index is 0.132. The second-order valence-electron chi connectivity index (χ2n) is 9.24. The van der Waals surface area contributed by atoms with Crippen LogP contribution < -0.4 is 4.74 Å². The lowest BCUT2D eigenvalue weighted by atomic mass is 10.0. The molecule has 3 nitrogen and oxygen atoms in total. The lowest BCUT2D eigenvalue weighted by Gasteiger charge is -2.36. The summed E-state index contributed by atoms with van der Waals surface area (Å²) in [5.74, 6) is 0.934. The van der Waals surface area contributed by atoms with E-state index in [1.165, 1.54) is 0 Å². The highest BCUT2D eigenvalue weighted by Crippen LogP contribution is 2.36. The number of ketones is 1. The van der Waals surface area contributed by atoms with E-state index in [9.17, 15) is 4.79 Å². The van der Waals surface area contributed by atoms with Gasteiger partial charge in [-0.25, -0.2) is 0 Å². The predicted octanol–water partition coefficient (Wildman–Crippen LogP) is 7.16. The van der Waals surface area contributed by atoms with Gasteiger partial charge in [-0.05, 0) is 59.5 Å². The topological polar surface area (TPSA) is 35.5 Å². The van der Waals surface area contributed by atoms with E-state index in [1.807, 2.05) is 48.5 Å². The highest BCUT2D eigenvalue weighted by molar-refractivity contribution is 6.74. The third-order valence-corrected chi connectivity index (χ3v) is 10.4. The number of ether oxygens (including phenoxy) is 1. The molecular weight excluding hydrogens is 400 g/mol. The van der Waals surface area contributed by atoms with Crippen LogP contribution >= 0.6 is 0 Å². The molecule has 0 saturated heterocycles. The molecule has 0 radical (unpaired) electrons. The average Bonchev–Trinajstić information content (AvgIpc) is 2.73. The number of rotatable bonds is 10. The summed E-state index contributed by atoms with van der Waals surface area (Å²) in [5, 5.41) is 0.135. The molecule has 2 aromatic carbocycles. The molecule has 0 saturated carbocycles. The van der Waals surface area contributed by atoms with Crippen molar-refractivity contribution in [1.82, 2.24) is 0 Å². The summed E-state index contributed by atoms with van der Waals surface area (Å²) in [7, 11) is -0.211. The Labute approximate surface area is 188 Å². The van der Waals surface area contributed by atoms with Gasteiger partial charge in [-0.2, -0.15) is 0 Å². The number of allylic oxidation sites excluding steroid dienone is 2. The summed E-state index contributed by atoms with van der Waals surface area (Å²) in [4.78, 5) is 13.1. The molecular formula is C27H36O3Si. The van der Waals surface area contributed by atoms with Crippen molar-refractivity contribution in [3.8, 4) is 5.75 Å². The summed E-state index contributed by atoms with van der Waals surface area (Å²) in [5.41, 5.74) is 2.90. The van der Waals surface area contributed by atoms with Crippen LogP contribution in [0.15, 0.2) is 66.2 Å². The van der Waals surface area contributed by atoms with Gasteiger partial charge >= 0.3 is 0 Å². The van der Waals surface area contributed by atoms with Crippen LogP contribution in [0.2, 0.25) is 18.1 Å². The highest BCUT2D eigenvalue weighted by atomic mass is 28.4. The lowest BCUT2D eigenvalue weighted by Crippen LogP contribution is -2.41. The fourth-order valence-corrected chi connectivity index (χ4v) is 3.86. The standard InChI is InChI=1S/C27H36O3Si/c1-27(2,3)31(5,6)30-20-19-26(28)24(14-10-13-22-11-8-7-9-12-22)21-23-15-17-25(29-4)18-16-23/h7-13,15-18,21H,14,19-20H2,1-6H3/b13-10+,24-21+. The number of methoxy groups -OCH3 is 1. The molecule has 0 unspecified atom stereocenters. The molecule has 0 aliphatic carbocycles. The third kappa shape index (κ3) is 7.96. The molecule has 0 fully saturated rings. The zero-order valence-corrected chi connectivity index (χ0v) is 20.8. The van der Waals surface area contributed by atoms with Crippen LogP contribution in [0.3, 0.4) is 0 Å². The molecule has 2 aromatic rings. The van der Waals surface area contributed by atoms with Crippen molar-refractivity contribution < 1.29 is 14.0 Å². The minimum Gasteiger partial charge on any atom is -0.497 e. The van der Waals surface area contributed by atoms with E-state index in [2.05, 4.69) is 58.2 Å². The number of carbonyl (C=O) groups is 1. The minimum atomic E-state index is -1.86. The maximum atomic E-state index is 13.1.